The van der Waals surface area contributed by atoms with Gasteiger partial charge in [0, 0.05) is 12.6 Å². The Morgan fingerprint density at radius 2 is 1.76 bits per heavy atom. The number of alkyl halides is 3. The lowest BCUT2D eigenvalue weighted by atomic mass is 9.95. The van der Waals surface area contributed by atoms with Crippen LogP contribution in [-0.4, -0.2) is 12.1 Å². The Morgan fingerprint density at radius 3 is 2.12 bits per heavy atom. The van der Waals surface area contributed by atoms with Crippen molar-refractivity contribution in [3.63, 3.8) is 0 Å². The maximum absolute atomic E-state index is 12.8. The summed E-state index contributed by atoms with van der Waals surface area (Å²) in [4.78, 5) is 10.8. The number of halogens is 3. The van der Waals surface area contributed by atoms with Crippen molar-refractivity contribution >= 4 is 11.6 Å². The molecule has 1 saturated carbocycles. The summed E-state index contributed by atoms with van der Waals surface area (Å²) in [7, 11) is 0. The predicted molar refractivity (Wildman–Crippen MR) is 57.7 cm³/mol. The molecule has 92 valence electrons. The van der Waals surface area contributed by atoms with E-state index >= 15 is 0 Å². The summed E-state index contributed by atoms with van der Waals surface area (Å²) >= 11 is 0. The Bertz CT molecular complexity index is 432. The molecule has 1 aliphatic rings. The SMILES string of the molecule is CC(=O)Nc1ccc(C2(C(F)(F)F)CC2)cc1. The van der Waals surface area contributed by atoms with Gasteiger partial charge in [-0.25, -0.2) is 0 Å². The number of amides is 1. The van der Waals surface area contributed by atoms with E-state index < -0.39 is 11.6 Å². The Hall–Kier alpha value is -1.52. The fourth-order valence-corrected chi connectivity index (χ4v) is 1.94. The topological polar surface area (TPSA) is 29.1 Å². The molecular weight excluding hydrogens is 231 g/mol. The molecule has 0 unspecified atom stereocenters. The molecule has 0 saturated heterocycles. The van der Waals surface area contributed by atoms with Crippen LogP contribution in [0.5, 0.6) is 0 Å². The van der Waals surface area contributed by atoms with E-state index in [1.807, 2.05) is 0 Å². The minimum atomic E-state index is -4.19. The van der Waals surface area contributed by atoms with E-state index in [1.54, 1.807) is 0 Å². The van der Waals surface area contributed by atoms with E-state index in [0.717, 1.165) is 0 Å². The first kappa shape index (κ1) is 12.0. The highest BCUT2D eigenvalue weighted by atomic mass is 19.4. The van der Waals surface area contributed by atoms with E-state index in [1.165, 1.54) is 31.2 Å². The number of rotatable bonds is 2. The van der Waals surface area contributed by atoms with Crippen LogP contribution in [0.3, 0.4) is 0 Å². The second-order valence-electron chi connectivity index (χ2n) is 4.34. The third-order valence-corrected chi connectivity index (χ3v) is 3.05. The van der Waals surface area contributed by atoms with Crippen molar-refractivity contribution in [2.75, 3.05) is 5.32 Å². The number of anilines is 1. The van der Waals surface area contributed by atoms with Crippen molar-refractivity contribution in [3.8, 4) is 0 Å². The van der Waals surface area contributed by atoms with Gasteiger partial charge in [0.05, 0.1) is 5.41 Å². The third-order valence-electron chi connectivity index (χ3n) is 3.05. The van der Waals surface area contributed by atoms with Crippen LogP contribution in [0.2, 0.25) is 0 Å². The summed E-state index contributed by atoms with van der Waals surface area (Å²) in [5.41, 5.74) is -0.861. The molecule has 0 heterocycles. The number of carbonyl (C=O) groups excluding carboxylic acids is 1. The number of benzene rings is 1. The van der Waals surface area contributed by atoms with Crippen LogP contribution in [0.15, 0.2) is 24.3 Å². The smallest absolute Gasteiger partial charge is 0.326 e. The maximum Gasteiger partial charge on any atom is 0.398 e. The first-order valence-corrected chi connectivity index (χ1v) is 5.30. The average molecular weight is 243 g/mol. The molecule has 0 aliphatic heterocycles. The summed E-state index contributed by atoms with van der Waals surface area (Å²) in [6.07, 6.45) is -3.89. The molecule has 0 atom stereocenters. The second kappa shape index (κ2) is 3.75. The van der Waals surface area contributed by atoms with Crippen LogP contribution in [-0.2, 0) is 10.2 Å². The minimum Gasteiger partial charge on any atom is -0.326 e. The van der Waals surface area contributed by atoms with Crippen LogP contribution in [0, 0.1) is 0 Å². The first-order valence-electron chi connectivity index (χ1n) is 5.30. The van der Waals surface area contributed by atoms with Crippen LogP contribution in [0.4, 0.5) is 18.9 Å². The molecule has 1 aliphatic carbocycles. The van der Waals surface area contributed by atoms with Crippen LogP contribution < -0.4 is 5.32 Å². The normalized spacial score (nSPS) is 17.6. The van der Waals surface area contributed by atoms with Gasteiger partial charge in [0.2, 0.25) is 5.91 Å². The lowest BCUT2D eigenvalue weighted by Gasteiger charge is -2.19. The zero-order valence-corrected chi connectivity index (χ0v) is 9.27. The zero-order valence-electron chi connectivity index (χ0n) is 9.27. The largest absolute Gasteiger partial charge is 0.398 e. The molecule has 1 aromatic carbocycles. The Morgan fingerprint density at radius 1 is 1.24 bits per heavy atom. The van der Waals surface area contributed by atoms with Crippen molar-refractivity contribution in [1.82, 2.24) is 0 Å². The van der Waals surface area contributed by atoms with Gasteiger partial charge >= 0.3 is 6.18 Å². The van der Waals surface area contributed by atoms with E-state index in [0.29, 0.717) is 5.69 Å². The van der Waals surface area contributed by atoms with Crippen molar-refractivity contribution in [2.24, 2.45) is 0 Å². The molecule has 1 aromatic rings. The molecule has 1 fully saturated rings. The molecular formula is C12H12F3NO. The van der Waals surface area contributed by atoms with E-state index in [9.17, 15) is 18.0 Å². The molecule has 1 N–H and O–H groups in total. The molecule has 1 amide bonds. The van der Waals surface area contributed by atoms with Crippen molar-refractivity contribution in [2.45, 2.75) is 31.4 Å². The highest BCUT2D eigenvalue weighted by Gasteiger charge is 2.64. The summed E-state index contributed by atoms with van der Waals surface area (Å²) in [6, 6.07) is 5.88. The Labute approximate surface area is 96.8 Å². The lowest BCUT2D eigenvalue weighted by molar-refractivity contribution is -0.160. The number of nitrogens with one attached hydrogen (secondary N) is 1. The molecule has 5 heteroatoms. The maximum atomic E-state index is 12.8. The molecule has 17 heavy (non-hydrogen) atoms. The fourth-order valence-electron chi connectivity index (χ4n) is 1.94. The van der Waals surface area contributed by atoms with Gasteiger partial charge in [-0.15, -0.1) is 0 Å². The van der Waals surface area contributed by atoms with Gasteiger partial charge in [0.25, 0.3) is 0 Å². The van der Waals surface area contributed by atoms with Gasteiger partial charge in [0.1, 0.15) is 0 Å². The van der Waals surface area contributed by atoms with E-state index in [4.69, 9.17) is 0 Å². The highest BCUT2D eigenvalue weighted by Crippen LogP contribution is 2.58. The third kappa shape index (κ3) is 2.14. The van der Waals surface area contributed by atoms with Crippen molar-refractivity contribution in [1.29, 1.82) is 0 Å². The van der Waals surface area contributed by atoms with Crippen LogP contribution in [0.25, 0.3) is 0 Å². The summed E-state index contributed by atoms with van der Waals surface area (Å²) < 4.78 is 38.5. The quantitative estimate of drug-likeness (QED) is 0.848. The van der Waals surface area contributed by atoms with E-state index in [2.05, 4.69) is 5.32 Å². The van der Waals surface area contributed by atoms with Gasteiger partial charge in [-0.1, -0.05) is 12.1 Å². The average Bonchev–Trinajstić information content (AvgIpc) is 2.97. The van der Waals surface area contributed by atoms with Gasteiger partial charge in [0.15, 0.2) is 0 Å². The molecule has 0 aromatic heterocycles. The monoisotopic (exact) mass is 243 g/mol. The second-order valence-corrected chi connectivity index (χ2v) is 4.34. The fraction of sp³-hybridized carbons (Fsp3) is 0.417. The molecule has 2 rings (SSSR count). The van der Waals surface area contributed by atoms with Gasteiger partial charge in [-0.3, -0.25) is 4.79 Å². The number of hydrogen-bond acceptors (Lipinski definition) is 1. The minimum absolute atomic E-state index is 0.149. The summed E-state index contributed by atoms with van der Waals surface area (Å²) in [6.45, 7) is 1.35. The Kier molecular flexibility index (Phi) is 2.64. The Balaban J connectivity index is 2.22. The standard InChI is InChI=1S/C12H12F3NO/c1-8(17)16-10-4-2-9(3-5-10)11(6-7-11)12(13,14)15/h2-5H,6-7H2,1H3,(H,16,17). The number of hydrogen-bond donors (Lipinski definition) is 1. The predicted octanol–water partition coefficient (Wildman–Crippen LogP) is 3.24. The zero-order chi connectivity index (χ0) is 12.7. The van der Waals surface area contributed by atoms with Gasteiger partial charge < -0.3 is 5.32 Å². The van der Waals surface area contributed by atoms with Crippen LogP contribution >= 0.6 is 0 Å². The molecule has 2 nitrogen and oxygen atoms in total. The lowest BCUT2D eigenvalue weighted by Crippen LogP contribution is -2.28. The van der Waals surface area contributed by atoms with Gasteiger partial charge in [-0.2, -0.15) is 13.2 Å². The van der Waals surface area contributed by atoms with Crippen LogP contribution in [0.1, 0.15) is 25.3 Å². The highest BCUT2D eigenvalue weighted by molar-refractivity contribution is 5.88. The number of carbonyl (C=O) groups is 1. The molecule has 0 bridgehead atoms. The van der Waals surface area contributed by atoms with Gasteiger partial charge in [-0.05, 0) is 30.5 Å². The summed E-state index contributed by atoms with van der Waals surface area (Å²) in [5, 5.41) is 2.52. The van der Waals surface area contributed by atoms with Crippen molar-refractivity contribution in [3.05, 3.63) is 29.8 Å². The van der Waals surface area contributed by atoms with E-state index in [-0.39, 0.29) is 24.3 Å². The molecule has 0 spiro atoms. The first-order chi connectivity index (χ1) is 7.85. The van der Waals surface area contributed by atoms with Crippen molar-refractivity contribution < 1.29 is 18.0 Å². The molecule has 0 radical (unpaired) electrons. The summed E-state index contributed by atoms with van der Waals surface area (Å²) in [5.74, 6) is -0.241.